The predicted molar refractivity (Wildman–Crippen MR) is 86.2 cm³/mol. The summed E-state index contributed by atoms with van der Waals surface area (Å²) in [5, 5.41) is 9.31. The molecule has 3 rings (SSSR count). The molecule has 10 heteroatoms. The van der Waals surface area contributed by atoms with Crippen LogP contribution in [-0.4, -0.2) is 23.0 Å². The molecule has 1 unspecified atom stereocenters. The summed E-state index contributed by atoms with van der Waals surface area (Å²) in [6.45, 7) is 0. The van der Waals surface area contributed by atoms with Gasteiger partial charge in [-0.25, -0.2) is 13.6 Å². The van der Waals surface area contributed by atoms with Gasteiger partial charge in [-0.1, -0.05) is 18.2 Å². The number of carboxylic acid groups (broad SMARTS) is 1. The second-order valence-corrected chi connectivity index (χ2v) is 6.27. The van der Waals surface area contributed by atoms with Crippen LogP contribution in [0.2, 0.25) is 0 Å². The normalized spacial score (nSPS) is 19.0. The molecule has 4 nitrogen and oxygen atoms in total. The number of carboxylic acids is 1. The molecule has 0 bridgehead atoms. The molecular weight excluding hydrogens is 443 g/mol. The van der Waals surface area contributed by atoms with Gasteiger partial charge >= 0.3 is 17.9 Å². The minimum Gasteiger partial charge on any atom is -0.478 e. The third-order valence-electron chi connectivity index (χ3n) is 3.66. The first kappa shape index (κ1) is 19.2. The van der Waals surface area contributed by atoms with E-state index in [1.54, 1.807) is 0 Å². The molecule has 0 aliphatic carbocycles. The van der Waals surface area contributed by atoms with E-state index < -0.39 is 40.9 Å². The number of alkyl halides is 3. The lowest BCUT2D eigenvalue weighted by atomic mass is 9.97. The summed E-state index contributed by atoms with van der Waals surface area (Å²) in [7, 11) is 0. The molecule has 1 N–H and O–H groups in total. The van der Waals surface area contributed by atoms with E-state index in [1.807, 2.05) is 0 Å². The Bertz CT molecular complexity index is 957. The number of hydrogen-bond acceptors (Lipinski definition) is 3. The van der Waals surface area contributed by atoms with Crippen molar-refractivity contribution in [2.75, 3.05) is 0 Å². The molecule has 2 aromatic carbocycles. The summed E-state index contributed by atoms with van der Waals surface area (Å²) in [5.41, 5.74) is -1.28. The van der Waals surface area contributed by atoms with Gasteiger partial charge in [0.15, 0.2) is 11.6 Å². The summed E-state index contributed by atoms with van der Waals surface area (Å²) < 4.78 is 78.7. The Balaban J connectivity index is 2.22. The maximum atomic E-state index is 14.1. The van der Waals surface area contributed by atoms with Crippen LogP contribution >= 0.6 is 15.9 Å². The Morgan fingerprint density at radius 2 is 1.81 bits per heavy atom. The van der Waals surface area contributed by atoms with Gasteiger partial charge in [0.05, 0.1) is 4.47 Å². The molecule has 1 aliphatic rings. The van der Waals surface area contributed by atoms with Crippen LogP contribution in [-0.2, 0) is 4.79 Å². The van der Waals surface area contributed by atoms with E-state index in [1.165, 1.54) is 18.2 Å². The molecule has 0 amide bonds. The molecule has 1 aliphatic heterocycles. The monoisotopic (exact) mass is 450 g/mol. The molecule has 0 aromatic heterocycles. The van der Waals surface area contributed by atoms with Crippen molar-refractivity contribution in [2.24, 2.45) is 0 Å². The standard InChI is InChI=1S/C17H8BrF5O4/c18-10-6-12(20)14(7-11(10)19)27-16(17(21,22)23)9(15(24)25)5-8-3-1-2-4-13(8)26-16/h1-7H,(H,24,25). The second kappa shape index (κ2) is 6.52. The largest absolute Gasteiger partial charge is 0.478 e. The molecular formula is C17H8BrF5O4. The van der Waals surface area contributed by atoms with Crippen molar-refractivity contribution in [1.82, 2.24) is 0 Å². The Hall–Kier alpha value is -2.62. The maximum Gasteiger partial charge on any atom is 0.473 e. The second-order valence-electron chi connectivity index (χ2n) is 5.42. The lowest BCUT2D eigenvalue weighted by molar-refractivity contribution is -0.304. The van der Waals surface area contributed by atoms with Crippen molar-refractivity contribution < 1.29 is 41.3 Å². The fourth-order valence-corrected chi connectivity index (χ4v) is 2.75. The first-order chi connectivity index (χ1) is 12.5. The minimum atomic E-state index is -5.44. The molecule has 1 heterocycles. The van der Waals surface area contributed by atoms with Crippen molar-refractivity contribution >= 4 is 28.0 Å². The van der Waals surface area contributed by atoms with Crippen LogP contribution in [0.1, 0.15) is 5.56 Å². The van der Waals surface area contributed by atoms with E-state index >= 15 is 0 Å². The quantitative estimate of drug-likeness (QED) is 0.532. The summed E-state index contributed by atoms with van der Waals surface area (Å²) in [6.07, 6.45) is -4.73. The number of carbonyl (C=O) groups is 1. The van der Waals surface area contributed by atoms with Crippen molar-refractivity contribution in [3.05, 3.63) is 63.6 Å². The van der Waals surface area contributed by atoms with E-state index in [-0.39, 0.29) is 15.8 Å². The third-order valence-corrected chi connectivity index (χ3v) is 4.27. The van der Waals surface area contributed by atoms with E-state index in [4.69, 9.17) is 4.74 Å². The van der Waals surface area contributed by atoms with Crippen LogP contribution in [0.15, 0.2) is 46.4 Å². The average Bonchev–Trinajstić information content (AvgIpc) is 2.57. The molecule has 27 heavy (non-hydrogen) atoms. The van der Waals surface area contributed by atoms with Crippen LogP contribution in [0.5, 0.6) is 11.5 Å². The highest BCUT2D eigenvalue weighted by Gasteiger charge is 2.67. The van der Waals surface area contributed by atoms with Gasteiger partial charge in [-0.2, -0.15) is 13.2 Å². The highest BCUT2D eigenvalue weighted by Crippen LogP contribution is 2.47. The molecule has 0 saturated carbocycles. The summed E-state index contributed by atoms with van der Waals surface area (Å²) in [6, 6.07) is 6.22. The predicted octanol–water partition coefficient (Wildman–Crippen LogP) is 4.93. The summed E-state index contributed by atoms with van der Waals surface area (Å²) >= 11 is 2.69. The zero-order valence-electron chi connectivity index (χ0n) is 13.0. The lowest BCUT2D eigenvalue weighted by Gasteiger charge is -2.38. The Morgan fingerprint density at radius 3 is 2.44 bits per heavy atom. The van der Waals surface area contributed by atoms with Crippen LogP contribution in [0.25, 0.3) is 6.08 Å². The minimum absolute atomic E-state index is 0.0563. The van der Waals surface area contributed by atoms with Crippen LogP contribution < -0.4 is 9.47 Å². The number of para-hydroxylation sites is 1. The molecule has 0 saturated heterocycles. The fourth-order valence-electron chi connectivity index (χ4n) is 2.44. The van der Waals surface area contributed by atoms with E-state index in [9.17, 15) is 31.9 Å². The number of fused-ring (bicyclic) bond motifs is 1. The van der Waals surface area contributed by atoms with Crippen LogP contribution in [0, 0.1) is 11.6 Å². The number of hydrogen-bond donors (Lipinski definition) is 1. The summed E-state index contributed by atoms with van der Waals surface area (Å²) in [5.74, 6) is -9.84. The van der Waals surface area contributed by atoms with Crippen molar-refractivity contribution in [3.63, 3.8) is 0 Å². The fraction of sp³-hybridized carbons (Fsp3) is 0.118. The first-order valence-electron chi connectivity index (χ1n) is 7.19. The topological polar surface area (TPSA) is 55.8 Å². The van der Waals surface area contributed by atoms with Gasteiger partial charge in [-0.05, 0) is 34.1 Å². The van der Waals surface area contributed by atoms with Crippen molar-refractivity contribution in [1.29, 1.82) is 0 Å². The van der Waals surface area contributed by atoms with Crippen molar-refractivity contribution in [3.8, 4) is 11.5 Å². The van der Waals surface area contributed by atoms with Gasteiger partial charge in [0, 0.05) is 11.6 Å². The smallest absolute Gasteiger partial charge is 0.473 e. The first-order valence-corrected chi connectivity index (χ1v) is 7.98. The number of benzene rings is 2. The average molecular weight is 451 g/mol. The number of halogens is 6. The van der Waals surface area contributed by atoms with Gasteiger partial charge in [0.25, 0.3) is 0 Å². The Kier molecular flexibility index (Phi) is 4.62. The SMILES string of the molecule is O=C(O)C1=Cc2ccccc2OC1(Oc1cc(F)c(Br)cc1F)C(F)(F)F. The van der Waals surface area contributed by atoms with Gasteiger partial charge < -0.3 is 14.6 Å². The van der Waals surface area contributed by atoms with Crippen molar-refractivity contribution in [2.45, 2.75) is 12.0 Å². The van der Waals surface area contributed by atoms with E-state index in [0.29, 0.717) is 18.2 Å². The summed E-state index contributed by atoms with van der Waals surface area (Å²) in [4.78, 5) is 11.5. The van der Waals surface area contributed by atoms with Crippen LogP contribution in [0.4, 0.5) is 22.0 Å². The number of rotatable bonds is 3. The Labute approximate surface area is 156 Å². The van der Waals surface area contributed by atoms with Gasteiger partial charge in [0.1, 0.15) is 17.1 Å². The van der Waals surface area contributed by atoms with Crippen LogP contribution in [0.3, 0.4) is 0 Å². The third kappa shape index (κ3) is 3.25. The highest BCUT2D eigenvalue weighted by atomic mass is 79.9. The molecule has 0 fully saturated rings. The molecule has 1 atom stereocenters. The molecule has 0 spiro atoms. The van der Waals surface area contributed by atoms with E-state index in [0.717, 1.165) is 6.07 Å². The maximum absolute atomic E-state index is 14.1. The Morgan fingerprint density at radius 1 is 1.15 bits per heavy atom. The van der Waals surface area contributed by atoms with E-state index in [2.05, 4.69) is 20.7 Å². The number of ether oxygens (including phenoxy) is 2. The molecule has 142 valence electrons. The molecule has 2 aromatic rings. The highest BCUT2D eigenvalue weighted by molar-refractivity contribution is 9.10. The zero-order chi connectivity index (χ0) is 20.0. The van der Waals surface area contributed by atoms with Gasteiger partial charge in [-0.15, -0.1) is 0 Å². The zero-order valence-corrected chi connectivity index (χ0v) is 14.6. The lowest BCUT2D eigenvalue weighted by Crippen LogP contribution is -2.59. The number of aliphatic carboxylic acids is 1. The molecule has 0 radical (unpaired) electrons. The van der Waals surface area contributed by atoms with Gasteiger partial charge in [-0.3, -0.25) is 0 Å². The van der Waals surface area contributed by atoms with Gasteiger partial charge in [0.2, 0.25) is 0 Å².